The molecular formula is C22H28F2N2O4. The fraction of sp³-hybridized carbons (Fsp3) is 0.545. The van der Waals surface area contributed by atoms with Crippen LogP contribution < -0.4 is 10.1 Å². The SMILES string of the molecule is Cc1cc2cc(C(=O)NC3CCC(OCC(C)(C)O)CC3)cnc2cc1OC(F)F. The number of amides is 1. The number of aryl methyl sites for hydroxylation is 1. The average molecular weight is 422 g/mol. The summed E-state index contributed by atoms with van der Waals surface area (Å²) in [6.07, 6.45) is 4.79. The number of pyridine rings is 1. The van der Waals surface area contributed by atoms with E-state index in [0.29, 0.717) is 28.6 Å². The highest BCUT2D eigenvalue weighted by atomic mass is 19.3. The van der Waals surface area contributed by atoms with Crippen LogP contribution in [0.5, 0.6) is 5.75 Å². The normalized spacial score (nSPS) is 19.8. The van der Waals surface area contributed by atoms with Crippen molar-refractivity contribution in [1.29, 1.82) is 0 Å². The van der Waals surface area contributed by atoms with Crippen molar-refractivity contribution in [2.75, 3.05) is 6.61 Å². The number of aromatic nitrogens is 1. The Morgan fingerprint density at radius 1 is 1.27 bits per heavy atom. The van der Waals surface area contributed by atoms with Crippen LogP contribution in [0.15, 0.2) is 24.4 Å². The van der Waals surface area contributed by atoms with Crippen LogP contribution in [0, 0.1) is 6.92 Å². The van der Waals surface area contributed by atoms with Crippen molar-refractivity contribution in [1.82, 2.24) is 10.3 Å². The van der Waals surface area contributed by atoms with Gasteiger partial charge in [0.1, 0.15) is 5.75 Å². The first-order chi connectivity index (χ1) is 14.1. The number of aliphatic hydroxyl groups is 1. The summed E-state index contributed by atoms with van der Waals surface area (Å²) in [4.78, 5) is 16.9. The molecule has 8 heteroatoms. The zero-order valence-electron chi connectivity index (χ0n) is 17.5. The first-order valence-corrected chi connectivity index (χ1v) is 10.1. The highest BCUT2D eigenvalue weighted by Gasteiger charge is 2.25. The predicted octanol–water partition coefficient (Wildman–Crippen LogP) is 3.97. The van der Waals surface area contributed by atoms with Gasteiger partial charge in [0.25, 0.3) is 5.91 Å². The van der Waals surface area contributed by atoms with Gasteiger partial charge >= 0.3 is 6.61 Å². The van der Waals surface area contributed by atoms with E-state index in [9.17, 15) is 18.7 Å². The number of carbonyl (C=O) groups excluding carboxylic acids is 1. The van der Waals surface area contributed by atoms with Gasteiger partial charge in [0.05, 0.1) is 29.4 Å². The Balaban J connectivity index is 1.59. The molecule has 2 aromatic rings. The molecule has 1 aromatic heterocycles. The molecule has 3 rings (SSSR count). The number of rotatable bonds is 7. The van der Waals surface area contributed by atoms with Crippen LogP contribution in [0.4, 0.5) is 8.78 Å². The van der Waals surface area contributed by atoms with E-state index in [2.05, 4.69) is 15.0 Å². The van der Waals surface area contributed by atoms with E-state index in [1.165, 1.54) is 12.3 Å². The highest BCUT2D eigenvalue weighted by molar-refractivity contribution is 5.97. The minimum atomic E-state index is -2.90. The first-order valence-electron chi connectivity index (χ1n) is 10.1. The van der Waals surface area contributed by atoms with E-state index in [0.717, 1.165) is 25.7 Å². The molecule has 1 fully saturated rings. The number of halogens is 2. The van der Waals surface area contributed by atoms with Gasteiger partial charge in [0.15, 0.2) is 0 Å². The van der Waals surface area contributed by atoms with Gasteiger partial charge in [0.2, 0.25) is 0 Å². The molecule has 0 saturated heterocycles. The second kappa shape index (κ2) is 9.22. The minimum absolute atomic E-state index is 0.0544. The molecule has 6 nitrogen and oxygen atoms in total. The molecule has 2 N–H and O–H groups in total. The third-order valence-electron chi connectivity index (χ3n) is 5.14. The smallest absolute Gasteiger partial charge is 0.387 e. The number of carbonyl (C=O) groups is 1. The summed E-state index contributed by atoms with van der Waals surface area (Å²) in [5.74, 6) is -0.137. The molecular weight excluding hydrogens is 394 g/mol. The molecule has 1 heterocycles. The van der Waals surface area contributed by atoms with Crippen LogP contribution in [-0.4, -0.2) is 47.0 Å². The van der Waals surface area contributed by atoms with E-state index in [4.69, 9.17) is 4.74 Å². The lowest BCUT2D eigenvalue weighted by atomic mass is 9.92. The summed E-state index contributed by atoms with van der Waals surface area (Å²) in [6, 6.07) is 4.89. The van der Waals surface area contributed by atoms with Crippen LogP contribution in [0.2, 0.25) is 0 Å². The molecule has 164 valence electrons. The fourth-order valence-corrected chi connectivity index (χ4v) is 3.58. The Labute approximate surface area is 174 Å². The zero-order valence-corrected chi connectivity index (χ0v) is 17.5. The molecule has 1 aliphatic carbocycles. The van der Waals surface area contributed by atoms with Crippen LogP contribution in [-0.2, 0) is 4.74 Å². The highest BCUT2D eigenvalue weighted by Crippen LogP contribution is 2.27. The van der Waals surface area contributed by atoms with Gasteiger partial charge in [-0.1, -0.05) is 0 Å². The molecule has 0 bridgehead atoms. The maximum Gasteiger partial charge on any atom is 0.387 e. The average Bonchev–Trinajstić information content (AvgIpc) is 2.66. The summed E-state index contributed by atoms with van der Waals surface area (Å²) >= 11 is 0. The molecule has 1 aliphatic rings. The number of nitrogens with zero attached hydrogens (tertiary/aromatic N) is 1. The van der Waals surface area contributed by atoms with E-state index in [-0.39, 0.29) is 23.8 Å². The number of hydrogen-bond acceptors (Lipinski definition) is 5. The van der Waals surface area contributed by atoms with E-state index >= 15 is 0 Å². The van der Waals surface area contributed by atoms with Crippen molar-refractivity contribution in [2.45, 2.75) is 70.8 Å². The monoisotopic (exact) mass is 422 g/mol. The molecule has 0 unspecified atom stereocenters. The minimum Gasteiger partial charge on any atom is -0.434 e. The summed E-state index contributed by atoms with van der Waals surface area (Å²) < 4.78 is 35.2. The van der Waals surface area contributed by atoms with Crippen molar-refractivity contribution < 1.29 is 28.2 Å². The maximum atomic E-state index is 12.7. The topological polar surface area (TPSA) is 80.7 Å². The first kappa shape index (κ1) is 22.4. The standard InChI is InChI=1S/C22H28F2N2O4/c1-13-8-14-9-15(11-25-18(14)10-19(13)30-21(23)24)20(27)26-16-4-6-17(7-5-16)29-12-22(2,3)28/h8-11,16-17,21,28H,4-7,12H2,1-3H3,(H,26,27). The molecule has 0 radical (unpaired) electrons. The third-order valence-corrected chi connectivity index (χ3v) is 5.14. The van der Waals surface area contributed by atoms with Crippen molar-refractivity contribution >= 4 is 16.8 Å². The van der Waals surface area contributed by atoms with Gasteiger partial charge in [-0.2, -0.15) is 8.78 Å². The van der Waals surface area contributed by atoms with Gasteiger partial charge < -0.3 is 19.9 Å². The largest absolute Gasteiger partial charge is 0.434 e. The molecule has 1 aromatic carbocycles. The lowest BCUT2D eigenvalue weighted by molar-refractivity contribution is -0.0640. The Kier molecular flexibility index (Phi) is 6.88. The molecule has 1 saturated carbocycles. The van der Waals surface area contributed by atoms with Gasteiger partial charge in [-0.25, -0.2) is 0 Å². The predicted molar refractivity (Wildman–Crippen MR) is 109 cm³/mol. The number of benzene rings is 1. The lowest BCUT2D eigenvalue weighted by Gasteiger charge is -2.30. The van der Waals surface area contributed by atoms with Gasteiger partial charge in [-0.15, -0.1) is 0 Å². The zero-order chi connectivity index (χ0) is 21.9. The summed E-state index contributed by atoms with van der Waals surface area (Å²) in [6.45, 7) is 2.49. The van der Waals surface area contributed by atoms with E-state index in [1.54, 1.807) is 32.9 Å². The Morgan fingerprint density at radius 3 is 2.60 bits per heavy atom. The Morgan fingerprint density at radius 2 is 1.97 bits per heavy atom. The molecule has 30 heavy (non-hydrogen) atoms. The Hall–Kier alpha value is -2.32. The Bertz CT molecular complexity index is 891. The summed E-state index contributed by atoms with van der Waals surface area (Å²) in [5.41, 5.74) is 0.604. The lowest BCUT2D eigenvalue weighted by Crippen LogP contribution is -2.40. The second-order valence-corrected chi connectivity index (χ2v) is 8.48. The number of nitrogens with one attached hydrogen (secondary N) is 1. The van der Waals surface area contributed by atoms with Crippen molar-refractivity contribution in [3.8, 4) is 5.75 Å². The number of hydrogen-bond donors (Lipinski definition) is 2. The van der Waals surface area contributed by atoms with Crippen molar-refractivity contribution in [3.05, 3.63) is 35.5 Å². The van der Waals surface area contributed by atoms with E-state index < -0.39 is 12.2 Å². The van der Waals surface area contributed by atoms with Crippen LogP contribution in [0.25, 0.3) is 10.9 Å². The number of fused-ring (bicyclic) bond motifs is 1. The quantitative estimate of drug-likeness (QED) is 0.706. The second-order valence-electron chi connectivity index (χ2n) is 8.48. The summed E-state index contributed by atoms with van der Waals surface area (Å²) in [5, 5.41) is 13.5. The van der Waals surface area contributed by atoms with Crippen molar-refractivity contribution in [2.24, 2.45) is 0 Å². The van der Waals surface area contributed by atoms with Gasteiger partial charge in [-0.05, 0) is 64.2 Å². The van der Waals surface area contributed by atoms with E-state index in [1.807, 2.05) is 0 Å². The molecule has 0 aliphatic heterocycles. The van der Waals surface area contributed by atoms with Gasteiger partial charge in [0, 0.05) is 23.7 Å². The van der Waals surface area contributed by atoms with Crippen LogP contribution in [0.1, 0.15) is 55.5 Å². The third kappa shape index (κ3) is 6.09. The molecule has 1 amide bonds. The summed E-state index contributed by atoms with van der Waals surface area (Å²) in [7, 11) is 0. The fourth-order valence-electron chi connectivity index (χ4n) is 3.58. The number of alkyl halides is 2. The maximum absolute atomic E-state index is 12.7. The molecule has 0 spiro atoms. The van der Waals surface area contributed by atoms with Crippen molar-refractivity contribution in [3.63, 3.8) is 0 Å². The van der Waals surface area contributed by atoms with Crippen LogP contribution in [0.3, 0.4) is 0 Å². The van der Waals surface area contributed by atoms with Gasteiger partial charge in [-0.3, -0.25) is 9.78 Å². The number of ether oxygens (including phenoxy) is 2. The molecule has 0 atom stereocenters. The van der Waals surface area contributed by atoms with Crippen LogP contribution >= 0.6 is 0 Å².